The van der Waals surface area contributed by atoms with Gasteiger partial charge >= 0.3 is 5.00 Å². The maximum Gasteiger partial charge on any atom is 0.345 e. The van der Waals surface area contributed by atoms with E-state index in [0.717, 1.165) is 17.8 Å². The fraction of sp³-hybridized carbons (Fsp3) is 0.571. The zero-order valence-electron chi connectivity index (χ0n) is 7.77. The molecule has 0 saturated carbocycles. The molecule has 0 fully saturated rings. The van der Waals surface area contributed by atoms with Crippen molar-refractivity contribution in [3.63, 3.8) is 0 Å². The summed E-state index contributed by atoms with van der Waals surface area (Å²) in [6.07, 6.45) is 2.10. The summed E-state index contributed by atoms with van der Waals surface area (Å²) in [4.78, 5) is 13.7. The summed E-state index contributed by atoms with van der Waals surface area (Å²) in [6, 6.07) is 0.0537. The van der Waals surface area contributed by atoms with E-state index >= 15 is 0 Å². The first-order valence-corrected chi connectivity index (χ1v) is 5.04. The lowest BCUT2D eigenvalue weighted by molar-refractivity contribution is -0.380. The van der Waals surface area contributed by atoms with Crippen LogP contribution in [0, 0.1) is 10.1 Å². The Labute approximate surface area is 85.3 Å². The van der Waals surface area contributed by atoms with Gasteiger partial charge in [-0.1, -0.05) is 6.92 Å². The normalized spacial score (nSPS) is 12.4. The number of anilines is 1. The van der Waals surface area contributed by atoms with Crippen LogP contribution in [0.3, 0.4) is 0 Å². The van der Waals surface area contributed by atoms with E-state index < -0.39 is 4.92 Å². The second-order valence-electron chi connectivity index (χ2n) is 2.81. The maximum absolute atomic E-state index is 10.3. The van der Waals surface area contributed by atoms with Crippen LogP contribution in [0.15, 0.2) is 6.20 Å². The molecule has 1 unspecified atom stereocenters. The monoisotopic (exact) mass is 216 g/mol. The van der Waals surface area contributed by atoms with Crippen LogP contribution in [0.4, 0.5) is 10.1 Å². The van der Waals surface area contributed by atoms with E-state index in [-0.39, 0.29) is 11.0 Å². The molecule has 1 aromatic rings. The van der Waals surface area contributed by atoms with Gasteiger partial charge in [-0.3, -0.25) is 10.1 Å². The lowest BCUT2D eigenvalue weighted by Crippen LogP contribution is -2.27. The Hall–Kier alpha value is -1.21. The van der Waals surface area contributed by atoms with Crippen LogP contribution in [-0.4, -0.2) is 22.5 Å². The third kappa shape index (κ3) is 2.93. The molecule has 0 aliphatic carbocycles. The van der Waals surface area contributed by atoms with Gasteiger partial charge in [-0.2, -0.15) is 0 Å². The molecule has 78 valence electrons. The van der Waals surface area contributed by atoms with Crippen LogP contribution in [-0.2, 0) is 0 Å². The molecule has 0 spiro atoms. The topological polar surface area (TPSA) is 94.1 Å². The quantitative estimate of drug-likeness (QED) is 0.569. The van der Waals surface area contributed by atoms with Gasteiger partial charge in [-0.05, 0) is 17.8 Å². The molecule has 0 aliphatic heterocycles. The molecule has 7 heteroatoms. The molecule has 0 saturated heterocycles. The van der Waals surface area contributed by atoms with Crippen molar-refractivity contribution < 1.29 is 4.92 Å². The Morgan fingerprint density at radius 3 is 3.07 bits per heavy atom. The summed E-state index contributed by atoms with van der Waals surface area (Å²) in [5, 5.41) is 13.9. The highest BCUT2D eigenvalue weighted by Crippen LogP contribution is 2.24. The van der Waals surface area contributed by atoms with Gasteiger partial charge in [0.05, 0.1) is 4.92 Å². The molecule has 14 heavy (non-hydrogen) atoms. The SMILES string of the molecule is CCC(N)CNc1ncc([N+](=O)[O-])s1. The van der Waals surface area contributed by atoms with Crippen molar-refractivity contribution in [2.45, 2.75) is 19.4 Å². The van der Waals surface area contributed by atoms with Gasteiger partial charge < -0.3 is 11.1 Å². The molecule has 0 radical (unpaired) electrons. The zero-order valence-corrected chi connectivity index (χ0v) is 8.58. The van der Waals surface area contributed by atoms with Gasteiger partial charge in [-0.15, -0.1) is 0 Å². The van der Waals surface area contributed by atoms with E-state index in [0.29, 0.717) is 11.7 Å². The van der Waals surface area contributed by atoms with Gasteiger partial charge in [0.15, 0.2) is 5.13 Å². The molecule has 1 heterocycles. The van der Waals surface area contributed by atoms with E-state index in [4.69, 9.17) is 5.73 Å². The standard InChI is InChI=1S/C7H12N4O2S/c1-2-5(8)3-9-7-10-4-6(14-7)11(12)13/h4-5H,2-3,8H2,1H3,(H,9,10). The molecule has 3 N–H and O–H groups in total. The van der Waals surface area contributed by atoms with Crippen LogP contribution in [0.25, 0.3) is 0 Å². The molecule has 1 aromatic heterocycles. The van der Waals surface area contributed by atoms with E-state index in [1.807, 2.05) is 6.92 Å². The Morgan fingerprint density at radius 2 is 2.57 bits per heavy atom. The van der Waals surface area contributed by atoms with Crippen molar-refractivity contribution in [1.82, 2.24) is 4.98 Å². The highest BCUT2D eigenvalue weighted by atomic mass is 32.1. The van der Waals surface area contributed by atoms with Gasteiger partial charge in [0.25, 0.3) is 0 Å². The first kappa shape index (κ1) is 10.9. The van der Waals surface area contributed by atoms with Crippen molar-refractivity contribution in [1.29, 1.82) is 0 Å². The number of rotatable bonds is 5. The van der Waals surface area contributed by atoms with Crippen LogP contribution >= 0.6 is 11.3 Å². The summed E-state index contributed by atoms with van der Waals surface area (Å²) in [5.41, 5.74) is 5.67. The molecule has 0 amide bonds. The summed E-state index contributed by atoms with van der Waals surface area (Å²) in [5.74, 6) is 0. The fourth-order valence-electron chi connectivity index (χ4n) is 0.794. The van der Waals surface area contributed by atoms with Gasteiger partial charge in [-0.25, -0.2) is 4.98 Å². The van der Waals surface area contributed by atoms with Crippen molar-refractivity contribution >= 4 is 21.5 Å². The maximum atomic E-state index is 10.3. The molecular weight excluding hydrogens is 204 g/mol. The van der Waals surface area contributed by atoms with Gasteiger partial charge in [0.2, 0.25) is 0 Å². The predicted octanol–water partition coefficient (Wildman–Crippen LogP) is 1.20. The van der Waals surface area contributed by atoms with Gasteiger partial charge in [0, 0.05) is 12.6 Å². The minimum atomic E-state index is -0.456. The molecule has 6 nitrogen and oxygen atoms in total. The van der Waals surface area contributed by atoms with Crippen LogP contribution in [0.2, 0.25) is 0 Å². The van der Waals surface area contributed by atoms with Crippen LogP contribution < -0.4 is 11.1 Å². The number of nitrogens with zero attached hydrogens (tertiary/aromatic N) is 2. The van der Waals surface area contributed by atoms with E-state index in [1.165, 1.54) is 6.20 Å². The number of thiazole rings is 1. The lowest BCUT2D eigenvalue weighted by atomic mass is 10.2. The van der Waals surface area contributed by atoms with Crippen molar-refractivity contribution in [2.24, 2.45) is 5.73 Å². The van der Waals surface area contributed by atoms with Crippen molar-refractivity contribution in [3.05, 3.63) is 16.3 Å². The Kier molecular flexibility index (Phi) is 3.78. The van der Waals surface area contributed by atoms with Crippen LogP contribution in [0.5, 0.6) is 0 Å². The summed E-state index contributed by atoms with van der Waals surface area (Å²) >= 11 is 1.02. The summed E-state index contributed by atoms with van der Waals surface area (Å²) in [6.45, 7) is 2.57. The second-order valence-corrected chi connectivity index (χ2v) is 3.82. The second kappa shape index (κ2) is 4.87. The number of nitro groups is 1. The third-order valence-electron chi connectivity index (χ3n) is 1.71. The van der Waals surface area contributed by atoms with E-state index in [1.54, 1.807) is 0 Å². The Balaban J connectivity index is 2.48. The molecule has 0 bridgehead atoms. The molecule has 0 aliphatic rings. The minimum absolute atomic E-state index is 0.0394. The first-order chi connectivity index (χ1) is 6.63. The average Bonchev–Trinajstić information content (AvgIpc) is 2.62. The van der Waals surface area contributed by atoms with Crippen LogP contribution in [0.1, 0.15) is 13.3 Å². The molecule has 0 aromatic carbocycles. The van der Waals surface area contributed by atoms with E-state index in [9.17, 15) is 10.1 Å². The number of hydrogen-bond donors (Lipinski definition) is 2. The number of hydrogen-bond acceptors (Lipinski definition) is 6. The Morgan fingerprint density at radius 1 is 1.86 bits per heavy atom. The Bertz CT molecular complexity index is 314. The number of nitrogens with two attached hydrogens (primary N) is 1. The minimum Gasteiger partial charge on any atom is -0.360 e. The zero-order chi connectivity index (χ0) is 10.6. The highest BCUT2D eigenvalue weighted by molar-refractivity contribution is 7.18. The molecule has 1 atom stereocenters. The van der Waals surface area contributed by atoms with Crippen molar-refractivity contribution in [3.8, 4) is 0 Å². The first-order valence-electron chi connectivity index (χ1n) is 4.23. The third-order valence-corrected chi connectivity index (χ3v) is 2.62. The fourth-order valence-corrected chi connectivity index (χ4v) is 1.43. The summed E-state index contributed by atoms with van der Waals surface area (Å²) in [7, 11) is 0. The molecular formula is C7H12N4O2S. The predicted molar refractivity (Wildman–Crippen MR) is 55.5 cm³/mol. The highest BCUT2D eigenvalue weighted by Gasteiger charge is 2.11. The summed E-state index contributed by atoms with van der Waals surface area (Å²) < 4.78 is 0. The van der Waals surface area contributed by atoms with Crippen molar-refractivity contribution in [2.75, 3.05) is 11.9 Å². The van der Waals surface area contributed by atoms with Gasteiger partial charge in [0.1, 0.15) is 6.20 Å². The smallest absolute Gasteiger partial charge is 0.345 e. The molecule has 1 rings (SSSR count). The van der Waals surface area contributed by atoms with E-state index in [2.05, 4.69) is 10.3 Å². The average molecular weight is 216 g/mol. The number of aromatic nitrogens is 1. The number of nitrogens with one attached hydrogen (secondary N) is 1. The lowest BCUT2D eigenvalue weighted by Gasteiger charge is -2.07. The largest absolute Gasteiger partial charge is 0.360 e.